The minimum Gasteiger partial charge on any atom is -0.458 e. The van der Waals surface area contributed by atoms with Crippen LogP contribution in [0.4, 0.5) is 0 Å². The van der Waals surface area contributed by atoms with Crippen LogP contribution in [0.2, 0.25) is 0 Å². The van der Waals surface area contributed by atoms with E-state index in [0.717, 1.165) is 13.1 Å². The molecule has 0 aliphatic carbocycles. The van der Waals surface area contributed by atoms with Gasteiger partial charge >= 0.3 is 0 Å². The Morgan fingerprint density at radius 3 is 2.50 bits per heavy atom. The molecule has 1 amide bonds. The van der Waals surface area contributed by atoms with E-state index in [2.05, 4.69) is 9.88 Å². The number of ketones is 2. The van der Waals surface area contributed by atoms with Crippen LogP contribution in [0, 0.1) is 12.8 Å². The minimum atomic E-state index is -1.15. The molecule has 0 aromatic carbocycles. The molecule has 148 valence electrons. The Bertz CT molecular complexity index is 858. The fourth-order valence-electron chi connectivity index (χ4n) is 3.62. The van der Waals surface area contributed by atoms with Gasteiger partial charge in [-0.25, -0.2) is 0 Å². The third-order valence-electron chi connectivity index (χ3n) is 5.21. The topological polar surface area (TPSA) is 83.7 Å². The lowest BCUT2D eigenvalue weighted by Crippen LogP contribution is -2.38. The number of carbonyl (C=O) groups excluding carboxylic acids is 3. The molecule has 3 heterocycles. The van der Waals surface area contributed by atoms with E-state index < -0.39 is 29.4 Å². The van der Waals surface area contributed by atoms with Gasteiger partial charge in [0.2, 0.25) is 11.6 Å². The number of aromatic nitrogens is 1. The second kappa shape index (κ2) is 8.48. The number of hydrogen-bond acceptors (Lipinski definition) is 6. The summed E-state index contributed by atoms with van der Waals surface area (Å²) < 4.78 is 5.43. The molecule has 7 nitrogen and oxygen atoms in total. The lowest BCUT2D eigenvalue weighted by molar-refractivity contribution is -0.140. The second-order valence-corrected chi connectivity index (χ2v) is 6.84. The van der Waals surface area contributed by atoms with Crippen LogP contribution in [-0.4, -0.2) is 58.4 Å². The maximum atomic E-state index is 13.1. The Morgan fingerprint density at radius 1 is 1.18 bits per heavy atom. The van der Waals surface area contributed by atoms with Crippen LogP contribution >= 0.6 is 0 Å². The Labute approximate surface area is 164 Å². The molecular formula is C21H25N3O4. The smallest absolute Gasteiger partial charge is 0.291 e. The van der Waals surface area contributed by atoms with E-state index in [4.69, 9.17) is 4.42 Å². The molecule has 1 saturated heterocycles. The molecule has 1 fully saturated rings. The Kier molecular flexibility index (Phi) is 6.04. The van der Waals surface area contributed by atoms with Gasteiger partial charge in [0.05, 0.1) is 11.7 Å². The van der Waals surface area contributed by atoms with E-state index in [1.165, 1.54) is 4.90 Å². The number of likely N-dealkylation sites (tertiary alicyclic amines) is 1. The normalized spacial score (nSPS) is 19.6. The van der Waals surface area contributed by atoms with Gasteiger partial charge in [0.1, 0.15) is 11.7 Å². The highest BCUT2D eigenvalue weighted by Gasteiger charge is 2.52. The summed E-state index contributed by atoms with van der Waals surface area (Å²) in [5.74, 6) is -2.29. The molecule has 28 heavy (non-hydrogen) atoms. The first kappa shape index (κ1) is 19.9. The first-order valence-corrected chi connectivity index (χ1v) is 9.56. The van der Waals surface area contributed by atoms with Gasteiger partial charge in [0.25, 0.3) is 5.91 Å². The van der Waals surface area contributed by atoms with Crippen molar-refractivity contribution in [2.75, 3.05) is 26.2 Å². The van der Waals surface area contributed by atoms with E-state index in [1.54, 1.807) is 43.5 Å². The van der Waals surface area contributed by atoms with E-state index in [-0.39, 0.29) is 5.76 Å². The number of Topliss-reactive ketones (excluding diaryl/α,β-unsaturated/α-hetero) is 2. The Hall–Kier alpha value is -2.80. The van der Waals surface area contributed by atoms with Gasteiger partial charge in [-0.15, -0.1) is 0 Å². The summed E-state index contributed by atoms with van der Waals surface area (Å²) in [4.78, 5) is 46.6. The SMILES string of the molecule is CCN(CC)CCN1C(=O)C(=O)C(C(=O)c2ccc(C)o2)C1c1ccccn1. The zero-order chi connectivity index (χ0) is 20.3. The molecule has 1 aliphatic rings. The molecule has 0 spiro atoms. The van der Waals surface area contributed by atoms with Gasteiger partial charge in [0, 0.05) is 19.3 Å². The summed E-state index contributed by atoms with van der Waals surface area (Å²) in [6.45, 7) is 8.48. The number of pyridine rings is 1. The standard InChI is InChI=1S/C21H25N3O4/c1-4-23(5-2)12-13-24-18(15-8-6-7-11-22-15)17(20(26)21(24)27)19(25)16-10-9-14(3)28-16/h6-11,17-18H,4-5,12-13H2,1-3H3. The van der Waals surface area contributed by atoms with Gasteiger partial charge in [-0.05, 0) is 44.3 Å². The number of likely N-dealkylation sites (N-methyl/N-ethyl adjacent to an activating group) is 1. The monoisotopic (exact) mass is 383 g/mol. The largest absolute Gasteiger partial charge is 0.458 e. The molecule has 0 N–H and O–H groups in total. The molecule has 2 unspecified atom stereocenters. The zero-order valence-electron chi connectivity index (χ0n) is 16.4. The summed E-state index contributed by atoms with van der Waals surface area (Å²) in [6, 6.07) is 7.78. The minimum absolute atomic E-state index is 0.0928. The second-order valence-electron chi connectivity index (χ2n) is 6.84. The highest BCUT2D eigenvalue weighted by atomic mass is 16.3. The number of nitrogens with zero attached hydrogens (tertiary/aromatic N) is 3. The molecule has 2 aromatic heterocycles. The van der Waals surface area contributed by atoms with Crippen molar-refractivity contribution in [3.63, 3.8) is 0 Å². The number of aryl methyl sites for hydroxylation is 1. The first-order chi connectivity index (χ1) is 13.5. The van der Waals surface area contributed by atoms with Crippen LogP contribution in [0.5, 0.6) is 0 Å². The van der Waals surface area contributed by atoms with E-state index >= 15 is 0 Å². The van der Waals surface area contributed by atoms with Crippen LogP contribution in [0.15, 0.2) is 40.9 Å². The van der Waals surface area contributed by atoms with E-state index in [9.17, 15) is 14.4 Å². The van der Waals surface area contributed by atoms with Crippen LogP contribution in [0.1, 0.15) is 41.9 Å². The lowest BCUT2D eigenvalue weighted by atomic mass is 9.90. The average molecular weight is 383 g/mol. The van der Waals surface area contributed by atoms with Gasteiger partial charge in [-0.2, -0.15) is 0 Å². The van der Waals surface area contributed by atoms with Gasteiger partial charge < -0.3 is 14.2 Å². The van der Waals surface area contributed by atoms with Crippen LogP contribution in [0.25, 0.3) is 0 Å². The van der Waals surface area contributed by atoms with Gasteiger partial charge in [-0.3, -0.25) is 19.4 Å². The van der Waals surface area contributed by atoms with Gasteiger partial charge in [-0.1, -0.05) is 19.9 Å². The molecule has 3 rings (SSSR count). The molecule has 1 aliphatic heterocycles. The number of carbonyl (C=O) groups is 3. The van der Waals surface area contributed by atoms with Crippen LogP contribution in [0.3, 0.4) is 0 Å². The Balaban J connectivity index is 1.96. The summed E-state index contributed by atoms with van der Waals surface area (Å²) >= 11 is 0. The van der Waals surface area contributed by atoms with Crippen molar-refractivity contribution in [1.29, 1.82) is 0 Å². The molecule has 2 aromatic rings. The summed E-state index contributed by atoms with van der Waals surface area (Å²) in [5.41, 5.74) is 0.530. The van der Waals surface area contributed by atoms with Crippen molar-refractivity contribution in [2.24, 2.45) is 5.92 Å². The fraction of sp³-hybridized carbons (Fsp3) is 0.429. The predicted molar refractivity (Wildman–Crippen MR) is 103 cm³/mol. The van der Waals surface area contributed by atoms with Crippen LogP contribution in [-0.2, 0) is 9.59 Å². The van der Waals surface area contributed by atoms with Crippen molar-refractivity contribution in [3.05, 3.63) is 53.7 Å². The number of amides is 1. The van der Waals surface area contributed by atoms with Crippen LogP contribution < -0.4 is 0 Å². The summed E-state index contributed by atoms with van der Waals surface area (Å²) in [5, 5.41) is 0. The summed E-state index contributed by atoms with van der Waals surface area (Å²) in [7, 11) is 0. The molecule has 0 radical (unpaired) electrons. The van der Waals surface area contributed by atoms with E-state index in [0.29, 0.717) is 24.5 Å². The molecule has 7 heteroatoms. The Morgan fingerprint density at radius 2 is 1.93 bits per heavy atom. The quantitative estimate of drug-likeness (QED) is 0.395. The molecule has 0 bridgehead atoms. The lowest BCUT2D eigenvalue weighted by Gasteiger charge is -2.28. The highest BCUT2D eigenvalue weighted by molar-refractivity contribution is 6.43. The van der Waals surface area contributed by atoms with Gasteiger partial charge in [0.15, 0.2) is 5.76 Å². The van der Waals surface area contributed by atoms with Crippen molar-refractivity contribution in [2.45, 2.75) is 26.8 Å². The first-order valence-electron chi connectivity index (χ1n) is 9.56. The number of rotatable bonds is 8. The average Bonchev–Trinajstić information content (AvgIpc) is 3.25. The van der Waals surface area contributed by atoms with Crippen molar-refractivity contribution < 1.29 is 18.8 Å². The number of hydrogen-bond donors (Lipinski definition) is 0. The molecule has 2 atom stereocenters. The van der Waals surface area contributed by atoms with Crippen molar-refractivity contribution in [1.82, 2.24) is 14.8 Å². The fourth-order valence-corrected chi connectivity index (χ4v) is 3.62. The summed E-state index contributed by atoms with van der Waals surface area (Å²) in [6.07, 6.45) is 1.60. The zero-order valence-corrected chi connectivity index (χ0v) is 16.4. The third-order valence-corrected chi connectivity index (χ3v) is 5.21. The highest BCUT2D eigenvalue weighted by Crippen LogP contribution is 2.37. The molecular weight excluding hydrogens is 358 g/mol. The number of furan rings is 1. The maximum Gasteiger partial charge on any atom is 0.291 e. The van der Waals surface area contributed by atoms with E-state index in [1.807, 2.05) is 13.8 Å². The maximum absolute atomic E-state index is 13.1. The predicted octanol–water partition coefficient (Wildman–Crippen LogP) is 2.28. The van der Waals surface area contributed by atoms with Crippen molar-refractivity contribution >= 4 is 17.5 Å². The third kappa shape index (κ3) is 3.75. The van der Waals surface area contributed by atoms with Crippen molar-refractivity contribution in [3.8, 4) is 0 Å². The molecule has 0 saturated carbocycles.